The van der Waals surface area contributed by atoms with Crippen LogP contribution >= 0.6 is 0 Å². The average molecular weight is 363 g/mol. The van der Waals surface area contributed by atoms with Crippen molar-refractivity contribution < 1.29 is 19.1 Å². The van der Waals surface area contributed by atoms with E-state index in [1.165, 1.54) is 0 Å². The van der Waals surface area contributed by atoms with Crippen molar-refractivity contribution in [1.82, 2.24) is 0 Å². The Bertz CT molecular complexity index is 539. The first-order chi connectivity index (χ1) is 12.6. The minimum atomic E-state index is -0.451. The molecule has 0 amide bonds. The van der Waals surface area contributed by atoms with E-state index in [1.807, 2.05) is 6.92 Å². The number of hydrogen-bond donors (Lipinski definition) is 0. The minimum absolute atomic E-state index is 0.104. The fourth-order valence-corrected chi connectivity index (χ4v) is 2.79. The molecule has 0 saturated carbocycles. The van der Waals surface area contributed by atoms with Crippen LogP contribution in [-0.2, 0) is 9.47 Å². The minimum Gasteiger partial charge on any atom is -0.462 e. The lowest BCUT2D eigenvalue weighted by molar-refractivity contribution is 0.0258. The summed E-state index contributed by atoms with van der Waals surface area (Å²) in [6.45, 7) is 6.69. The molecule has 0 fully saturated rings. The Labute approximate surface area is 158 Å². The number of carbonyl (C=O) groups is 2. The van der Waals surface area contributed by atoms with Crippen LogP contribution in [0.25, 0.3) is 0 Å². The maximum Gasteiger partial charge on any atom is 0.339 e. The van der Waals surface area contributed by atoms with Crippen LogP contribution < -0.4 is 0 Å². The maximum absolute atomic E-state index is 12.6. The van der Waals surface area contributed by atoms with E-state index in [-0.39, 0.29) is 11.7 Å². The Kier molecular flexibility index (Phi) is 11.4. The maximum atomic E-state index is 12.6. The summed E-state index contributed by atoms with van der Waals surface area (Å²) in [6.07, 6.45) is 9.02. The van der Waals surface area contributed by atoms with Gasteiger partial charge in [0.15, 0.2) is 0 Å². The average Bonchev–Trinajstić information content (AvgIpc) is 2.66. The molecule has 26 heavy (non-hydrogen) atoms. The largest absolute Gasteiger partial charge is 0.462 e. The van der Waals surface area contributed by atoms with Gasteiger partial charge in [0.25, 0.3) is 0 Å². The summed E-state index contributed by atoms with van der Waals surface area (Å²) in [7, 11) is 0. The van der Waals surface area contributed by atoms with Crippen molar-refractivity contribution in [1.29, 1.82) is 0 Å². The van der Waals surface area contributed by atoms with Gasteiger partial charge >= 0.3 is 11.9 Å². The Morgan fingerprint density at radius 3 is 2.08 bits per heavy atom. The number of hydrogen-bond acceptors (Lipinski definition) is 4. The second-order valence-electron chi connectivity index (χ2n) is 6.67. The molecule has 0 spiro atoms. The van der Waals surface area contributed by atoms with E-state index in [0.29, 0.717) is 12.2 Å². The van der Waals surface area contributed by atoms with Gasteiger partial charge in [0.1, 0.15) is 6.10 Å². The molecule has 0 aliphatic carbocycles. The van der Waals surface area contributed by atoms with Crippen LogP contribution in [0.5, 0.6) is 0 Å². The summed E-state index contributed by atoms with van der Waals surface area (Å²) in [6, 6.07) is 6.74. The van der Waals surface area contributed by atoms with Gasteiger partial charge in [-0.3, -0.25) is 0 Å². The molecule has 1 unspecified atom stereocenters. The molecule has 1 atom stereocenters. The van der Waals surface area contributed by atoms with Crippen LogP contribution in [0.1, 0.15) is 99.3 Å². The first kappa shape index (κ1) is 22.2. The lowest BCUT2D eigenvalue weighted by Crippen LogP contribution is -2.20. The van der Waals surface area contributed by atoms with Crippen LogP contribution in [0.2, 0.25) is 0 Å². The molecule has 0 aliphatic rings. The molecule has 1 aromatic rings. The molecule has 146 valence electrons. The van der Waals surface area contributed by atoms with Crippen LogP contribution in [0, 0.1) is 0 Å². The molecule has 4 nitrogen and oxygen atoms in total. The van der Waals surface area contributed by atoms with Gasteiger partial charge in [0.2, 0.25) is 0 Å². The van der Waals surface area contributed by atoms with E-state index >= 15 is 0 Å². The van der Waals surface area contributed by atoms with E-state index in [4.69, 9.17) is 9.47 Å². The second kappa shape index (κ2) is 13.4. The summed E-state index contributed by atoms with van der Waals surface area (Å²) in [4.78, 5) is 24.9. The number of benzene rings is 1. The molecule has 0 saturated heterocycles. The number of carbonyl (C=O) groups excluding carboxylic acids is 2. The van der Waals surface area contributed by atoms with E-state index in [0.717, 1.165) is 57.8 Å². The van der Waals surface area contributed by atoms with Crippen molar-refractivity contribution in [2.75, 3.05) is 6.61 Å². The lowest BCUT2D eigenvalue weighted by Gasteiger charge is -2.17. The van der Waals surface area contributed by atoms with Crippen LogP contribution in [0.3, 0.4) is 0 Å². The van der Waals surface area contributed by atoms with Gasteiger partial charge in [-0.25, -0.2) is 9.59 Å². The Balaban J connectivity index is 2.65. The monoisotopic (exact) mass is 362 g/mol. The van der Waals surface area contributed by atoms with Crippen molar-refractivity contribution >= 4 is 11.9 Å². The molecule has 0 aromatic heterocycles. The lowest BCUT2D eigenvalue weighted by atomic mass is 10.1. The predicted molar refractivity (Wildman–Crippen MR) is 105 cm³/mol. The zero-order valence-corrected chi connectivity index (χ0v) is 16.6. The van der Waals surface area contributed by atoms with E-state index in [2.05, 4.69) is 13.8 Å². The first-order valence-electron chi connectivity index (χ1n) is 10.1. The van der Waals surface area contributed by atoms with Crippen molar-refractivity contribution in [3.63, 3.8) is 0 Å². The van der Waals surface area contributed by atoms with Gasteiger partial charge in [-0.2, -0.15) is 0 Å². The molecule has 0 N–H and O–H groups in total. The number of unbranched alkanes of at least 4 members (excludes halogenated alkanes) is 5. The molecule has 0 radical (unpaired) electrons. The smallest absolute Gasteiger partial charge is 0.339 e. The van der Waals surface area contributed by atoms with Crippen LogP contribution in [-0.4, -0.2) is 24.6 Å². The molecular formula is C22H34O4. The van der Waals surface area contributed by atoms with Gasteiger partial charge in [0, 0.05) is 0 Å². The van der Waals surface area contributed by atoms with Crippen molar-refractivity contribution in [3.8, 4) is 0 Å². The van der Waals surface area contributed by atoms with Gasteiger partial charge in [-0.15, -0.1) is 0 Å². The molecule has 0 heterocycles. The van der Waals surface area contributed by atoms with Gasteiger partial charge in [0.05, 0.1) is 17.7 Å². The zero-order chi connectivity index (χ0) is 19.2. The number of ether oxygens (including phenoxy) is 2. The normalized spacial score (nSPS) is 11.8. The topological polar surface area (TPSA) is 52.6 Å². The van der Waals surface area contributed by atoms with Crippen LogP contribution in [0.4, 0.5) is 0 Å². The highest BCUT2D eigenvalue weighted by molar-refractivity contribution is 6.03. The molecule has 1 aromatic carbocycles. The molecule has 4 heteroatoms. The van der Waals surface area contributed by atoms with Crippen molar-refractivity contribution in [3.05, 3.63) is 35.4 Å². The highest BCUT2D eigenvalue weighted by Gasteiger charge is 2.21. The quantitative estimate of drug-likeness (QED) is 0.322. The highest BCUT2D eigenvalue weighted by Crippen LogP contribution is 2.17. The third-order valence-corrected chi connectivity index (χ3v) is 4.46. The number of rotatable bonds is 13. The zero-order valence-electron chi connectivity index (χ0n) is 16.6. The van der Waals surface area contributed by atoms with Crippen molar-refractivity contribution in [2.24, 2.45) is 0 Å². The van der Waals surface area contributed by atoms with E-state index < -0.39 is 11.9 Å². The summed E-state index contributed by atoms with van der Waals surface area (Å²) < 4.78 is 11.0. The number of esters is 2. The van der Waals surface area contributed by atoms with E-state index in [1.54, 1.807) is 24.3 Å². The summed E-state index contributed by atoms with van der Waals surface area (Å²) in [5.41, 5.74) is 0.580. The third-order valence-electron chi connectivity index (χ3n) is 4.46. The molecular weight excluding hydrogens is 328 g/mol. The van der Waals surface area contributed by atoms with E-state index in [9.17, 15) is 9.59 Å². The van der Waals surface area contributed by atoms with Gasteiger partial charge < -0.3 is 9.47 Å². The molecule has 0 bridgehead atoms. The third kappa shape index (κ3) is 8.03. The first-order valence-corrected chi connectivity index (χ1v) is 10.1. The summed E-state index contributed by atoms with van der Waals surface area (Å²) >= 11 is 0. The van der Waals surface area contributed by atoms with Crippen molar-refractivity contribution in [2.45, 2.75) is 84.7 Å². The second-order valence-corrected chi connectivity index (χ2v) is 6.67. The van der Waals surface area contributed by atoms with Gasteiger partial charge in [-0.1, -0.05) is 65.0 Å². The SMILES string of the molecule is CCCCCCOC(=O)c1ccccc1C(=O)OC(CC)CCCCC. The Morgan fingerprint density at radius 1 is 0.846 bits per heavy atom. The van der Waals surface area contributed by atoms with Gasteiger partial charge in [-0.05, 0) is 37.8 Å². The summed E-state index contributed by atoms with van der Waals surface area (Å²) in [5.74, 6) is -0.889. The highest BCUT2D eigenvalue weighted by atomic mass is 16.5. The Hall–Kier alpha value is -1.84. The fourth-order valence-electron chi connectivity index (χ4n) is 2.79. The Morgan fingerprint density at radius 2 is 1.46 bits per heavy atom. The predicted octanol–water partition coefficient (Wildman–Crippen LogP) is 5.94. The summed E-state index contributed by atoms with van der Waals surface area (Å²) in [5, 5.41) is 0. The molecule has 0 aliphatic heterocycles. The standard InChI is InChI=1S/C22H34O4/c1-4-7-9-13-17-25-21(23)19-15-11-12-16-20(19)22(24)26-18(6-3)14-10-8-5-2/h11-12,15-16,18H,4-10,13-14,17H2,1-3H3. The molecule has 1 rings (SSSR count). The fraction of sp³-hybridized carbons (Fsp3) is 0.636. The van der Waals surface area contributed by atoms with Crippen LogP contribution in [0.15, 0.2) is 24.3 Å².